The second kappa shape index (κ2) is 8.84. The summed E-state index contributed by atoms with van der Waals surface area (Å²) in [7, 11) is 0. The van der Waals surface area contributed by atoms with E-state index >= 15 is 0 Å². The normalized spacial score (nSPS) is 11.8. The highest BCUT2D eigenvalue weighted by Crippen LogP contribution is 2.38. The van der Waals surface area contributed by atoms with Crippen LogP contribution in [0.3, 0.4) is 0 Å². The number of nitrogens with one attached hydrogen (secondary N) is 3. The fourth-order valence-corrected chi connectivity index (χ4v) is 3.83. The van der Waals surface area contributed by atoms with Crippen molar-refractivity contribution in [3.05, 3.63) is 72.0 Å². The Morgan fingerprint density at radius 3 is 2.54 bits per heavy atom. The average molecular weight is 482 g/mol. The number of fused-ring (bicyclic) bond motifs is 2. The highest BCUT2D eigenvalue weighted by molar-refractivity contribution is 5.98. The topological polar surface area (TPSA) is 106 Å². The lowest BCUT2D eigenvalue weighted by Crippen LogP contribution is -2.53. The molecule has 0 saturated heterocycles. The van der Waals surface area contributed by atoms with Crippen molar-refractivity contribution in [3.63, 3.8) is 0 Å². The van der Waals surface area contributed by atoms with E-state index in [1.54, 1.807) is 30.3 Å². The summed E-state index contributed by atoms with van der Waals surface area (Å²) in [5, 5.41) is 14.1. The van der Waals surface area contributed by atoms with Crippen molar-refractivity contribution in [2.45, 2.75) is 6.18 Å². The molecule has 0 amide bonds. The number of halogens is 4. The largest absolute Gasteiger partial charge is 0.417 e. The van der Waals surface area contributed by atoms with Gasteiger partial charge in [0.25, 0.3) is 0 Å². The van der Waals surface area contributed by atoms with Crippen molar-refractivity contribution in [2.24, 2.45) is 0 Å². The predicted octanol–water partition coefficient (Wildman–Crippen LogP) is 4.73. The Bertz CT molecular complexity index is 1530. The number of quaternary nitrogens is 1. The summed E-state index contributed by atoms with van der Waals surface area (Å²) in [6.07, 6.45) is -4.58. The molecule has 0 atom stereocenters. The summed E-state index contributed by atoms with van der Waals surface area (Å²) in [4.78, 5) is 8.89. The summed E-state index contributed by atoms with van der Waals surface area (Å²) in [5.74, 6) is -0.0592. The van der Waals surface area contributed by atoms with E-state index in [1.165, 1.54) is 24.3 Å². The summed E-state index contributed by atoms with van der Waals surface area (Å²) in [6, 6.07) is 14.9. The fraction of sp³-hybridized carbons (Fsp3) is 0.125. The first-order valence-electron chi connectivity index (χ1n) is 10.8. The minimum Gasteiger partial charge on any atom is -0.379 e. The van der Waals surface area contributed by atoms with Crippen molar-refractivity contribution in [2.75, 3.05) is 23.7 Å². The molecular formula is C24H20F4N7+. The van der Waals surface area contributed by atoms with Crippen molar-refractivity contribution in [1.29, 1.82) is 0 Å². The van der Waals surface area contributed by atoms with Crippen molar-refractivity contribution in [3.8, 4) is 11.4 Å². The molecule has 35 heavy (non-hydrogen) atoms. The van der Waals surface area contributed by atoms with Crippen LogP contribution in [0.2, 0.25) is 0 Å². The molecule has 11 heteroatoms. The molecule has 0 fully saturated rings. The molecule has 0 aliphatic heterocycles. The molecule has 0 bridgehead atoms. The van der Waals surface area contributed by atoms with Gasteiger partial charge in [0.15, 0.2) is 11.6 Å². The number of para-hydroxylation sites is 1. The Kier molecular flexibility index (Phi) is 5.69. The van der Waals surface area contributed by atoms with Gasteiger partial charge in [-0.3, -0.25) is 5.10 Å². The third-order valence-corrected chi connectivity index (χ3v) is 5.46. The first kappa shape index (κ1) is 22.5. The van der Waals surface area contributed by atoms with Gasteiger partial charge in [0.1, 0.15) is 17.2 Å². The van der Waals surface area contributed by atoms with Crippen molar-refractivity contribution < 1.29 is 23.3 Å². The van der Waals surface area contributed by atoms with Gasteiger partial charge < -0.3 is 16.4 Å². The number of anilines is 3. The molecule has 0 unspecified atom stereocenters. The lowest BCUT2D eigenvalue weighted by molar-refractivity contribution is -0.362. The van der Waals surface area contributed by atoms with Crippen LogP contribution in [0.25, 0.3) is 33.2 Å². The Morgan fingerprint density at radius 2 is 1.74 bits per heavy atom. The minimum atomic E-state index is -4.58. The lowest BCUT2D eigenvalue weighted by Gasteiger charge is -2.15. The zero-order valence-electron chi connectivity index (χ0n) is 18.2. The molecule has 0 spiro atoms. The van der Waals surface area contributed by atoms with Crippen LogP contribution in [-0.2, 0) is 6.18 Å². The Balaban J connectivity index is 1.70. The minimum absolute atomic E-state index is 0.0996. The van der Waals surface area contributed by atoms with E-state index in [0.717, 1.165) is 11.8 Å². The number of H-pyrrole nitrogens is 1. The van der Waals surface area contributed by atoms with Gasteiger partial charge in [-0.05, 0) is 36.4 Å². The summed E-state index contributed by atoms with van der Waals surface area (Å²) in [6.45, 7) is 1.30. The molecular weight excluding hydrogens is 462 g/mol. The van der Waals surface area contributed by atoms with E-state index < -0.39 is 17.6 Å². The zero-order chi connectivity index (χ0) is 24.6. The number of hydrogen-bond acceptors (Lipinski definition) is 5. The third kappa shape index (κ3) is 4.33. The number of nitrogens with zero attached hydrogens (tertiary/aromatic N) is 3. The van der Waals surface area contributed by atoms with Gasteiger partial charge in [-0.15, -0.1) is 0 Å². The van der Waals surface area contributed by atoms with Gasteiger partial charge in [0, 0.05) is 22.0 Å². The van der Waals surface area contributed by atoms with E-state index in [1.807, 2.05) is 0 Å². The van der Waals surface area contributed by atoms with Gasteiger partial charge in [-0.1, -0.05) is 24.3 Å². The summed E-state index contributed by atoms with van der Waals surface area (Å²) < 4.78 is 55.3. The maximum atomic E-state index is 14.2. The van der Waals surface area contributed by atoms with Crippen molar-refractivity contribution >= 4 is 39.1 Å². The van der Waals surface area contributed by atoms with E-state index in [0.29, 0.717) is 29.4 Å². The number of aromatic nitrogens is 4. The quantitative estimate of drug-likeness (QED) is 0.262. The van der Waals surface area contributed by atoms with Crippen LogP contribution >= 0.6 is 0 Å². The van der Waals surface area contributed by atoms with Gasteiger partial charge in [-0.25, -0.2) is 14.4 Å². The molecule has 7 nitrogen and oxygen atoms in total. The van der Waals surface area contributed by atoms with E-state index in [2.05, 4.69) is 36.5 Å². The second-order valence-electron chi connectivity index (χ2n) is 7.81. The molecule has 0 saturated carbocycles. The lowest BCUT2D eigenvalue weighted by atomic mass is 10.1. The van der Waals surface area contributed by atoms with Gasteiger partial charge in [0.05, 0.1) is 24.2 Å². The molecule has 6 N–H and O–H groups in total. The number of hydrogen-bond donors (Lipinski definition) is 4. The zero-order valence-corrected chi connectivity index (χ0v) is 18.2. The standard InChI is InChI=1S/C24H19F4N7/c25-18-7-3-5-15-20(18)34-35-23(15)33-22-16-12-13(30-11-10-29)8-9-19(16)31-21(32-22)14-4-1-2-6-17(14)24(26,27)28/h1-9,12,30H,10-11,29H2,(H2,31,32,33,34,35)/p+1. The van der Waals surface area contributed by atoms with Gasteiger partial charge in [0.2, 0.25) is 0 Å². The molecule has 0 aliphatic rings. The van der Waals surface area contributed by atoms with Crippen LogP contribution in [0, 0.1) is 5.82 Å². The van der Waals surface area contributed by atoms with E-state index in [9.17, 15) is 17.6 Å². The number of rotatable bonds is 6. The average Bonchev–Trinajstić information content (AvgIpc) is 3.26. The Labute approximate surface area is 196 Å². The molecule has 2 heterocycles. The predicted molar refractivity (Wildman–Crippen MR) is 126 cm³/mol. The van der Waals surface area contributed by atoms with Crippen LogP contribution in [0.15, 0.2) is 60.7 Å². The van der Waals surface area contributed by atoms with Gasteiger partial charge >= 0.3 is 6.18 Å². The van der Waals surface area contributed by atoms with E-state index in [4.69, 9.17) is 0 Å². The molecule has 178 valence electrons. The highest BCUT2D eigenvalue weighted by Gasteiger charge is 2.34. The first-order valence-corrected chi connectivity index (χ1v) is 10.8. The Hall–Kier alpha value is -4.25. The van der Waals surface area contributed by atoms with Crippen LogP contribution in [-0.4, -0.2) is 33.3 Å². The molecule has 2 aromatic heterocycles. The van der Waals surface area contributed by atoms with Crippen LogP contribution < -0.4 is 16.4 Å². The van der Waals surface area contributed by atoms with E-state index in [-0.39, 0.29) is 28.5 Å². The monoisotopic (exact) mass is 482 g/mol. The second-order valence-corrected chi connectivity index (χ2v) is 7.81. The molecule has 0 aliphatic carbocycles. The third-order valence-electron chi connectivity index (χ3n) is 5.46. The molecule has 0 radical (unpaired) electrons. The first-order chi connectivity index (χ1) is 16.8. The maximum Gasteiger partial charge on any atom is 0.417 e. The van der Waals surface area contributed by atoms with Crippen molar-refractivity contribution in [1.82, 2.24) is 20.2 Å². The summed E-state index contributed by atoms with van der Waals surface area (Å²) in [5.41, 5.74) is 4.22. The molecule has 5 aromatic rings. The smallest absolute Gasteiger partial charge is 0.379 e. The van der Waals surface area contributed by atoms with Crippen LogP contribution in [0.1, 0.15) is 5.56 Å². The maximum absolute atomic E-state index is 14.2. The number of benzene rings is 3. The molecule has 5 rings (SSSR count). The number of aromatic amines is 1. The number of alkyl halides is 3. The molecule has 3 aromatic carbocycles. The van der Waals surface area contributed by atoms with Gasteiger partial charge in [-0.2, -0.15) is 18.3 Å². The van der Waals surface area contributed by atoms with Crippen LogP contribution in [0.4, 0.5) is 34.9 Å². The Morgan fingerprint density at radius 1 is 0.914 bits per heavy atom. The highest BCUT2D eigenvalue weighted by atomic mass is 19.4. The summed E-state index contributed by atoms with van der Waals surface area (Å²) >= 11 is 0. The fourth-order valence-electron chi connectivity index (χ4n) is 3.83. The SMILES string of the molecule is [NH3+]CCNc1ccc2nc(-c3ccccc3C(F)(F)F)nc(Nc3n[nH]c4c(F)cccc34)c2c1. The van der Waals surface area contributed by atoms with Crippen LogP contribution in [0.5, 0.6) is 0 Å².